The molecule has 2 aromatic rings. The number of hydrogen-bond acceptors (Lipinski definition) is 4. The second kappa shape index (κ2) is 13.1. The maximum Gasteiger partial charge on any atom is 0.0341 e. The summed E-state index contributed by atoms with van der Waals surface area (Å²) in [7, 11) is 0. The van der Waals surface area contributed by atoms with E-state index in [1.54, 1.807) is 0 Å². The van der Waals surface area contributed by atoms with Gasteiger partial charge in [0, 0.05) is 35.8 Å². The summed E-state index contributed by atoms with van der Waals surface area (Å²) in [6, 6.07) is 15.6. The van der Waals surface area contributed by atoms with Gasteiger partial charge in [-0.05, 0) is 53.9 Å². The molecule has 2 rings (SSSR count). The van der Waals surface area contributed by atoms with E-state index in [1.807, 2.05) is 48.5 Å². The van der Waals surface area contributed by atoms with E-state index in [2.05, 4.69) is 24.5 Å². The highest BCUT2D eigenvalue weighted by atomic mass is 35.5. The third kappa shape index (κ3) is 10.4. The zero-order chi connectivity index (χ0) is 15.3. The van der Waals surface area contributed by atoms with Gasteiger partial charge in [-0.25, -0.2) is 0 Å². The van der Waals surface area contributed by atoms with Crippen LogP contribution in [0.3, 0.4) is 0 Å². The molecule has 0 aliphatic heterocycles. The Morgan fingerprint density at radius 3 is 1.20 bits per heavy atom. The van der Waals surface area contributed by atoms with Crippen LogP contribution in [0.1, 0.15) is 13.8 Å². The standard InChI is InChI=1S/C17H24N4.4ClH/c1-17(2,11-20-15-7-3-13(18)4-8-15)12-21-16-9-5-14(19)6-10-16;;;;/h3-10,20-21H,11-12,18-19H2,1-2H3;4*1H. The number of nitrogen functional groups attached to an aromatic ring is 2. The van der Waals surface area contributed by atoms with Crippen LogP contribution in [-0.2, 0) is 0 Å². The summed E-state index contributed by atoms with van der Waals surface area (Å²) >= 11 is 0. The highest BCUT2D eigenvalue weighted by molar-refractivity contribution is 5.86. The molecular formula is C17H28Cl4N4. The van der Waals surface area contributed by atoms with Crippen molar-refractivity contribution in [1.82, 2.24) is 0 Å². The van der Waals surface area contributed by atoms with Gasteiger partial charge in [0.05, 0.1) is 0 Å². The summed E-state index contributed by atoms with van der Waals surface area (Å²) < 4.78 is 0. The predicted octanol–water partition coefficient (Wildman–Crippen LogP) is 5.09. The Morgan fingerprint density at radius 2 is 0.920 bits per heavy atom. The van der Waals surface area contributed by atoms with Gasteiger partial charge < -0.3 is 22.1 Å². The Labute approximate surface area is 175 Å². The summed E-state index contributed by atoms with van der Waals surface area (Å²) in [5.41, 5.74) is 15.2. The molecule has 2 aromatic carbocycles. The lowest BCUT2D eigenvalue weighted by molar-refractivity contribution is 0.419. The van der Waals surface area contributed by atoms with Gasteiger partial charge in [-0.1, -0.05) is 13.8 Å². The van der Waals surface area contributed by atoms with Crippen LogP contribution >= 0.6 is 49.6 Å². The normalized spacial score (nSPS) is 9.36. The van der Waals surface area contributed by atoms with Gasteiger partial charge in [-0.2, -0.15) is 0 Å². The molecule has 25 heavy (non-hydrogen) atoms. The molecule has 0 atom stereocenters. The minimum absolute atomic E-state index is 0. The molecular weight excluding hydrogens is 402 g/mol. The molecule has 0 aliphatic rings. The molecule has 0 radical (unpaired) electrons. The zero-order valence-electron chi connectivity index (χ0n) is 14.3. The molecule has 0 heterocycles. The smallest absolute Gasteiger partial charge is 0.0341 e. The van der Waals surface area contributed by atoms with Gasteiger partial charge in [0.1, 0.15) is 0 Å². The Kier molecular flexibility index (Phi) is 14.9. The van der Waals surface area contributed by atoms with Gasteiger partial charge >= 0.3 is 0 Å². The van der Waals surface area contributed by atoms with Crippen molar-refractivity contribution in [3.63, 3.8) is 0 Å². The lowest BCUT2D eigenvalue weighted by Gasteiger charge is -2.26. The highest BCUT2D eigenvalue weighted by Crippen LogP contribution is 2.19. The molecule has 0 aromatic heterocycles. The quantitative estimate of drug-likeness (QED) is 0.482. The molecule has 0 fully saturated rings. The first-order valence-electron chi connectivity index (χ1n) is 7.13. The minimum Gasteiger partial charge on any atom is -0.399 e. The maximum atomic E-state index is 5.68. The van der Waals surface area contributed by atoms with Crippen LogP contribution in [0.4, 0.5) is 22.7 Å². The molecule has 0 saturated heterocycles. The van der Waals surface area contributed by atoms with Gasteiger partial charge in [-0.3, -0.25) is 0 Å². The number of rotatable bonds is 6. The van der Waals surface area contributed by atoms with Crippen molar-refractivity contribution in [1.29, 1.82) is 0 Å². The number of halogens is 4. The van der Waals surface area contributed by atoms with Crippen molar-refractivity contribution in [2.45, 2.75) is 13.8 Å². The van der Waals surface area contributed by atoms with Crippen LogP contribution < -0.4 is 22.1 Å². The lowest BCUT2D eigenvalue weighted by atomic mass is 9.93. The zero-order valence-corrected chi connectivity index (χ0v) is 17.6. The second-order valence-electron chi connectivity index (χ2n) is 6.12. The van der Waals surface area contributed by atoms with Crippen LogP contribution in [-0.4, -0.2) is 13.1 Å². The summed E-state index contributed by atoms with van der Waals surface area (Å²) in [5.74, 6) is 0. The van der Waals surface area contributed by atoms with Crippen LogP contribution in [0.15, 0.2) is 48.5 Å². The molecule has 4 nitrogen and oxygen atoms in total. The SMILES string of the molecule is CC(C)(CNc1ccc(N)cc1)CNc1ccc(N)cc1.Cl.Cl.Cl.Cl. The average Bonchev–Trinajstić information content (AvgIpc) is 2.46. The van der Waals surface area contributed by atoms with Crippen molar-refractivity contribution in [3.8, 4) is 0 Å². The van der Waals surface area contributed by atoms with Gasteiger partial charge in [-0.15, -0.1) is 49.6 Å². The molecule has 0 aliphatic carbocycles. The molecule has 6 N–H and O–H groups in total. The molecule has 0 spiro atoms. The number of nitrogens with two attached hydrogens (primary N) is 2. The number of anilines is 4. The summed E-state index contributed by atoms with van der Waals surface area (Å²) in [6.45, 7) is 6.20. The second-order valence-corrected chi connectivity index (χ2v) is 6.12. The van der Waals surface area contributed by atoms with Gasteiger partial charge in [0.2, 0.25) is 0 Å². The topological polar surface area (TPSA) is 76.1 Å². The monoisotopic (exact) mass is 428 g/mol. The van der Waals surface area contributed by atoms with Gasteiger partial charge in [0.25, 0.3) is 0 Å². The molecule has 0 unspecified atom stereocenters. The minimum atomic E-state index is 0. The van der Waals surface area contributed by atoms with E-state index >= 15 is 0 Å². The summed E-state index contributed by atoms with van der Waals surface area (Å²) in [6.07, 6.45) is 0. The lowest BCUT2D eigenvalue weighted by Crippen LogP contribution is -2.30. The fourth-order valence-corrected chi connectivity index (χ4v) is 1.95. The maximum absolute atomic E-state index is 5.68. The first-order valence-corrected chi connectivity index (χ1v) is 7.13. The van der Waals surface area contributed by atoms with E-state index in [0.29, 0.717) is 0 Å². The fraction of sp³-hybridized carbons (Fsp3) is 0.294. The van der Waals surface area contributed by atoms with Crippen molar-refractivity contribution in [3.05, 3.63) is 48.5 Å². The Balaban J connectivity index is -0.00000121. The van der Waals surface area contributed by atoms with Crippen molar-refractivity contribution in [2.24, 2.45) is 5.41 Å². The number of nitrogens with one attached hydrogen (secondary N) is 2. The molecule has 144 valence electrons. The highest BCUT2D eigenvalue weighted by Gasteiger charge is 2.17. The van der Waals surface area contributed by atoms with Crippen LogP contribution in [0, 0.1) is 5.41 Å². The van der Waals surface area contributed by atoms with Crippen molar-refractivity contribution in [2.75, 3.05) is 35.2 Å². The predicted molar refractivity (Wildman–Crippen MR) is 121 cm³/mol. The van der Waals surface area contributed by atoms with Crippen LogP contribution in [0.2, 0.25) is 0 Å². The third-order valence-corrected chi connectivity index (χ3v) is 3.36. The van der Waals surface area contributed by atoms with E-state index in [1.165, 1.54) is 0 Å². The van der Waals surface area contributed by atoms with E-state index in [4.69, 9.17) is 11.5 Å². The van der Waals surface area contributed by atoms with Crippen LogP contribution in [0.25, 0.3) is 0 Å². The average molecular weight is 430 g/mol. The van der Waals surface area contributed by atoms with Crippen molar-refractivity contribution < 1.29 is 0 Å². The number of hydrogen-bond donors (Lipinski definition) is 4. The van der Waals surface area contributed by atoms with E-state index < -0.39 is 0 Å². The Bertz CT molecular complexity index is 523. The first kappa shape index (κ1) is 28.6. The Hall–Kier alpha value is -1.20. The largest absolute Gasteiger partial charge is 0.399 e. The van der Waals surface area contributed by atoms with Crippen LogP contribution in [0.5, 0.6) is 0 Å². The molecule has 0 bridgehead atoms. The molecule has 8 heteroatoms. The summed E-state index contributed by atoms with van der Waals surface area (Å²) in [4.78, 5) is 0. The fourth-order valence-electron chi connectivity index (χ4n) is 1.95. The van der Waals surface area contributed by atoms with E-state index in [9.17, 15) is 0 Å². The first-order chi connectivity index (χ1) is 9.94. The molecule has 0 saturated carbocycles. The Morgan fingerprint density at radius 1 is 0.640 bits per heavy atom. The van der Waals surface area contributed by atoms with E-state index in [0.717, 1.165) is 35.8 Å². The number of benzene rings is 2. The summed E-state index contributed by atoms with van der Waals surface area (Å²) in [5, 5.41) is 6.88. The van der Waals surface area contributed by atoms with E-state index in [-0.39, 0.29) is 55.0 Å². The van der Waals surface area contributed by atoms with Crippen molar-refractivity contribution >= 4 is 72.4 Å². The van der Waals surface area contributed by atoms with Gasteiger partial charge in [0.15, 0.2) is 0 Å². The molecule has 0 amide bonds. The third-order valence-electron chi connectivity index (χ3n) is 3.36.